The number of nitrogens with one attached hydrogen (secondary N) is 1. The zero-order chi connectivity index (χ0) is 24.4. The summed E-state index contributed by atoms with van der Waals surface area (Å²) in [7, 11) is -5.74. The van der Waals surface area contributed by atoms with Crippen LogP contribution in [0.25, 0.3) is 10.8 Å². The fraction of sp³-hybridized carbons (Fsp3) is 0.429. The number of rotatable bonds is 8. The van der Waals surface area contributed by atoms with Crippen LogP contribution < -0.4 is 4.72 Å². The van der Waals surface area contributed by atoms with E-state index in [9.17, 15) is 26.4 Å². The van der Waals surface area contributed by atoms with Gasteiger partial charge in [-0.05, 0) is 47.9 Å². The van der Waals surface area contributed by atoms with Crippen molar-refractivity contribution >= 4 is 54.0 Å². The minimum absolute atomic E-state index is 0.0168. The Morgan fingerprint density at radius 1 is 1.15 bits per heavy atom. The predicted octanol–water partition coefficient (Wildman–Crippen LogP) is 1.27. The Balaban J connectivity index is 1.68. The van der Waals surface area contributed by atoms with Gasteiger partial charge < -0.3 is 9.80 Å². The third-order valence-electron chi connectivity index (χ3n) is 5.46. The van der Waals surface area contributed by atoms with Crippen molar-refractivity contribution in [2.75, 3.05) is 38.7 Å². The Kier molecular flexibility index (Phi) is 7.67. The van der Waals surface area contributed by atoms with Crippen molar-refractivity contribution in [1.82, 2.24) is 14.5 Å². The van der Waals surface area contributed by atoms with E-state index in [4.69, 9.17) is 11.6 Å². The molecule has 1 heterocycles. The summed E-state index contributed by atoms with van der Waals surface area (Å²) in [6.07, 6.45) is 1.92. The van der Waals surface area contributed by atoms with Crippen LogP contribution in [0, 0.1) is 0 Å². The number of carbonyl (C=O) groups excluding carboxylic acids is 2. The van der Waals surface area contributed by atoms with Crippen LogP contribution in [0.4, 0.5) is 0 Å². The molecule has 12 heteroatoms. The maximum Gasteiger partial charge on any atom is 0.241 e. The molecule has 0 aliphatic carbocycles. The minimum Gasteiger partial charge on any atom is -0.343 e. The lowest BCUT2D eigenvalue weighted by Gasteiger charge is -2.33. The fourth-order valence-corrected chi connectivity index (χ4v) is 5.58. The van der Waals surface area contributed by atoms with E-state index in [2.05, 4.69) is 4.72 Å². The van der Waals surface area contributed by atoms with Crippen LogP contribution in [0.1, 0.15) is 12.8 Å². The fourth-order valence-electron chi connectivity index (χ4n) is 3.54. The van der Waals surface area contributed by atoms with Gasteiger partial charge in [0.2, 0.25) is 21.8 Å². The van der Waals surface area contributed by atoms with Crippen molar-refractivity contribution < 1.29 is 26.4 Å². The highest BCUT2D eigenvalue weighted by Gasteiger charge is 2.33. The summed E-state index contributed by atoms with van der Waals surface area (Å²) in [5, 5.41) is 2.03. The molecule has 2 aromatic rings. The van der Waals surface area contributed by atoms with Crippen LogP contribution in [-0.2, 0) is 29.4 Å². The molecule has 1 fully saturated rings. The number of sulfone groups is 1. The quantitative estimate of drug-likeness (QED) is 0.565. The van der Waals surface area contributed by atoms with Gasteiger partial charge in [-0.15, -0.1) is 0 Å². The van der Waals surface area contributed by atoms with Crippen molar-refractivity contribution in [1.29, 1.82) is 0 Å². The number of hydrogen-bond acceptors (Lipinski definition) is 6. The average Bonchev–Trinajstić information content (AvgIpc) is 2.73. The molecule has 3 rings (SSSR count). The highest BCUT2D eigenvalue weighted by molar-refractivity contribution is 7.90. The molecule has 2 amide bonds. The molecule has 2 aromatic carbocycles. The molecule has 1 unspecified atom stereocenters. The van der Waals surface area contributed by atoms with Crippen molar-refractivity contribution in [3.8, 4) is 0 Å². The van der Waals surface area contributed by atoms with Crippen LogP contribution >= 0.6 is 11.6 Å². The average molecular weight is 516 g/mol. The number of hydrogen-bond donors (Lipinski definition) is 1. The molecule has 33 heavy (non-hydrogen) atoms. The summed E-state index contributed by atoms with van der Waals surface area (Å²) in [6.45, 7) is 0.0937. The first-order valence-electron chi connectivity index (χ1n) is 10.3. The summed E-state index contributed by atoms with van der Waals surface area (Å²) < 4.78 is 50.9. The first kappa shape index (κ1) is 25.4. The second-order valence-electron chi connectivity index (χ2n) is 8.17. The Morgan fingerprint density at radius 2 is 1.82 bits per heavy atom. The van der Waals surface area contributed by atoms with Gasteiger partial charge >= 0.3 is 0 Å². The molecule has 0 aromatic heterocycles. The molecule has 0 spiro atoms. The van der Waals surface area contributed by atoms with Gasteiger partial charge in [-0.1, -0.05) is 23.7 Å². The van der Waals surface area contributed by atoms with E-state index in [-0.39, 0.29) is 23.7 Å². The van der Waals surface area contributed by atoms with Gasteiger partial charge in [-0.3, -0.25) is 9.59 Å². The Morgan fingerprint density at radius 3 is 2.52 bits per heavy atom. The molecule has 0 bridgehead atoms. The number of likely N-dealkylation sites (N-methyl/N-ethyl adjacent to an activating group) is 1. The number of carbonyl (C=O) groups is 2. The summed E-state index contributed by atoms with van der Waals surface area (Å²) in [5.74, 6) is -1.07. The van der Waals surface area contributed by atoms with Gasteiger partial charge in [-0.25, -0.2) is 16.8 Å². The number of halogens is 1. The smallest absolute Gasteiger partial charge is 0.241 e. The standard InChI is InChI=1S/C21H26ClN3O6S2/c1-24(10-11-32(2,28)29)20(26)14-25-9-3-4-19(21(25)27)23-33(30,31)18-8-6-15-12-17(22)7-5-16(15)13-18/h5-8,12-13,19,23H,3-4,9-11,14H2,1-2H3. The summed E-state index contributed by atoms with van der Waals surface area (Å²) in [6, 6.07) is 8.74. The van der Waals surface area contributed by atoms with E-state index < -0.39 is 37.7 Å². The topological polar surface area (TPSA) is 121 Å². The van der Waals surface area contributed by atoms with Crippen LogP contribution in [0.3, 0.4) is 0 Å². The number of likely N-dealkylation sites (tertiary alicyclic amines) is 1. The lowest BCUT2D eigenvalue weighted by atomic mass is 10.1. The van der Waals surface area contributed by atoms with Gasteiger partial charge in [0.05, 0.1) is 17.2 Å². The molecule has 1 aliphatic rings. The van der Waals surface area contributed by atoms with Gasteiger partial charge in [0.15, 0.2) is 0 Å². The number of nitrogens with zero attached hydrogens (tertiary/aromatic N) is 2. The van der Waals surface area contributed by atoms with Crippen LogP contribution in [-0.4, -0.2) is 83.2 Å². The highest BCUT2D eigenvalue weighted by atomic mass is 35.5. The van der Waals surface area contributed by atoms with Crippen molar-refractivity contribution in [2.24, 2.45) is 0 Å². The van der Waals surface area contributed by atoms with Crippen LogP contribution in [0.5, 0.6) is 0 Å². The van der Waals surface area contributed by atoms with E-state index in [1.54, 1.807) is 24.3 Å². The monoisotopic (exact) mass is 515 g/mol. The normalized spacial score (nSPS) is 17.4. The Bertz CT molecular complexity index is 1280. The second-order valence-corrected chi connectivity index (χ2v) is 12.6. The first-order valence-corrected chi connectivity index (χ1v) is 14.2. The number of fused-ring (bicyclic) bond motifs is 1. The van der Waals surface area contributed by atoms with E-state index in [1.807, 2.05) is 0 Å². The molecular formula is C21H26ClN3O6S2. The lowest BCUT2D eigenvalue weighted by molar-refractivity contribution is -0.142. The second kappa shape index (κ2) is 9.96. The Labute approximate surface area is 198 Å². The van der Waals surface area contributed by atoms with Crippen molar-refractivity contribution in [3.63, 3.8) is 0 Å². The molecule has 1 N–H and O–H groups in total. The SMILES string of the molecule is CN(CCS(C)(=O)=O)C(=O)CN1CCCC(NS(=O)(=O)c2ccc3cc(Cl)ccc3c2)C1=O. The molecule has 1 aliphatic heterocycles. The van der Waals surface area contributed by atoms with E-state index in [1.165, 1.54) is 29.0 Å². The van der Waals surface area contributed by atoms with Crippen molar-refractivity contribution in [3.05, 3.63) is 41.4 Å². The van der Waals surface area contributed by atoms with Gasteiger partial charge in [0.25, 0.3) is 0 Å². The lowest BCUT2D eigenvalue weighted by Crippen LogP contribution is -2.54. The van der Waals surface area contributed by atoms with Gasteiger partial charge in [0.1, 0.15) is 15.9 Å². The zero-order valence-electron chi connectivity index (χ0n) is 18.3. The van der Waals surface area contributed by atoms with Crippen LogP contribution in [0.15, 0.2) is 41.3 Å². The molecule has 1 saturated heterocycles. The largest absolute Gasteiger partial charge is 0.343 e. The molecule has 180 valence electrons. The third-order valence-corrected chi connectivity index (χ3v) is 8.09. The molecular weight excluding hydrogens is 490 g/mol. The van der Waals surface area contributed by atoms with E-state index in [0.29, 0.717) is 29.8 Å². The maximum atomic E-state index is 12.9. The van der Waals surface area contributed by atoms with Gasteiger partial charge in [-0.2, -0.15) is 4.72 Å². The van der Waals surface area contributed by atoms with Crippen LogP contribution in [0.2, 0.25) is 5.02 Å². The number of amides is 2. The summed E-state index contributed by atoms with van der Waals surface area (Å²) >= 11 is 5.97. The van der Waals surface area contributed by atoms with Crippen molar-refractivity contribution in [2.45, 2.75) is 23.8 Å². The number of benzene rings is 2. The van der Waals surface area contributed by atoms with E-state index in [0.717, 1.165) is 11.6 Å². The number of sulfonamides is 1. The first-order chi connectivity index (χ1) is 15.4. The predicted molar refractivity (Wildman–Crippen MR) is 126 cm³/mol. The molecule has 0 saturated carbocycles. The minimum atomic E-state index is -3.98. The molecule has 0 radical (unpaired) electrons. The summed E-state index contributed by atoms with van der Waals surface area (Å²) in [4.78, 5) is 27.9. The Hall–Kier alpha value is -2.21. The third kappa shape index (κ3) is 6.66. The maximum absolute atomic E-state index is 12.9. The number of piperidine rings is 1. The molecule has 1 atom stereocenters. The van der Waals surface area contributed by atoms with E-state index >= 15 is 0 Å². The van der Waals surface area contributed by atoms with Gasteiger partial charge in [0, 0.05) is 31.4 Å². The zero-order valence-corrected chi connectivity index (χ0v) is 20.7. The molecule has 9 nitrogen and oxygen atoms in total. The summed E-state index contributed by atoms with van der Waals surface area (Å²) in [5.41, 5.74) is 0. The highest BCUT2D eigenvalue weighted by Crippen LogP contribution is 2.23.